The summed E-state index contributed by atoms with van der Waals surface area (Å²) in [6, 6.07) is 18.0. The molecule has 1 aliphatic rings. The van der Waals surface area contributed by atoms with Gasteiger partial charge in [-0.1, -0.05) is 42.5 Å². The highest BCUT2D eigenvalue weighted by atomic mass is 15.1. The summed E-state index contributed by atoms with van der Waals surface area (Å²) in [7, 11) is 8.78. The topological polar surface area (TPSA) is 11.4 Å². The van der Waals surface area contributed by atoms with Gasteiger partial charge in [0.25, 0.3) is 0 Å². The van der Waals surface area contributed by atoms with Crippen LogP contribution < -0.4 is 0 Å². The molecule has 0 amide bonds. The highest BCUT2D eigenvalue weighted by Gasteiger charge is 2.28. The molecule has 0 unspecified atom stereocenters. The number of fused-ring (bicyclic) bond motifs is 6. The second-order valence-electron chi connectivity index (χ2n) is 9.50. The first-order valence-corrected chi connectivity index (χ1v) is 11.4. The summed E-state index contributed by atoms with van der Waals surface area (Å²) in [5.41, 5.74) is 12.0. The largest absolute Gasteiger partial charge is 0.341 e. The fraction of sp³-hybridized carbons (Fsp3) is 0.357. The molecule has 0 radical (unpaired) electrons. The minimum atomic E-state index is 0.965. The molecular formula is C28H33N3. The van der Waals surface area contributed by atoms with Crippen LogP contribution in [0.25, 0.3) is 21.8 Å². The number of hydrogen-bond donors (Lipinski definition) is 0. The predicted molar refractivity (Wildman–Crippen MR) is 132 cm³/mol. The van der Waals surface area contributed by atoms with Crippen LogP contribution in [-0.4, -0.2) is 42.6 Å². The molecule has 0 atom stereocenters. The van der Waals surface area contributed by atoms with Crippen molar-refractivity contribution in [3.8, 4) is 0 Å². The molecule has 160 valence electrons. The Morgan fingerprint density at radius 2 is 1.32 bits per heavy atom. The van der Waals surface area contributed by atoms with Crippen molar-refractivity contribution in [2.24, 2.45) is 0 Å². The highest BCUT2D eigenvalue weighted by molar-refractivity contribution is 6.12. The Kier molecular flexibility index (Phi) is 5.11. The zero-order chi connectivity index (χ0) is 21.7. The van der Waals surface area contributed by atoms with Crippen LogP contribution in [0.4, 0.5) is 0 Å². The van der Waals surface area contributed by atoms with E-state index in [1.807, 2.05) is 0 Å². The second kappa shape index (κ2) is 7.81. The SMILES string of the molecule is CCn1c2ccccc2c2c(CN(C)C)c(CN(C)C)c3c(c21)Cc1ccccc1C3. The van der Waals surface area contributed by atoms with Gasteiger partial charge in [0, 0.05) is 42.3 Å². The summed E-state index contributed by atoms with van der Waals surface area (Å²) in [6.45, 7) is 5.22. The van der Waals surface area contributed by atoms with Crippen molar-refractivity contribution in [3.05, 3.63) is 81.9 Å². The molecule has 1 heterocycles. The molecule has 0 aliphatic heterocycles. The number of aryl methyl sites for hydroxylation is 1. The highest BCUT2D eigenvalue weighted by Crippen LogP contribution is 2.42. The summed E-state index contributed by atoms with van der Waals surface area (Å²) in [5.74, 6) is 0. The Labute approximate surface area is 185 Å². The first-order valence-electron chi connectivity index (χ1n) is 11.4. The van der Waals surface area contributed by atoms with E-state index >= 15 is 0 Å². The van der Waals surface area contributed by atoms with Crippen molar-refractivity contribution in [2.75, 3.05) is 28.2 Å². The van der Waals surface area contributed by atoms with Crippen LogP contribution in [0.5, 0.6) is 0 Å². The average Bonchev–Trinajstić information content (AvgIpc) is 3.09. The minimum Gasteiger partial charge on any atom is -0.341 e. The van der Waals surface area contributed by atoms with Crippen molar-refractivity contribution in [1.82, 2.24) is 14.4 Å². The molecule has 0 N–H and O–H groups in total. The molecule has 0 saturated heterocycles. The molecule has 5 rings (SSSR count). The average molecular weight is 412 g/mol. The van der Waals surface area contributed by atoms with Crippen LogP contribution in [0.2, 0.25) is 0 Å². The van der Waals surface area contributed by atoms with Gasteiger partial charge in [-0.3, -0.25) is 0 Å². The number of para-hydroxylation sites is 1. The number of benzene rings is 3. The lowest BCUT2D eigenvalue weighted by Crippen LogP contribution is -2.22. The molecule has 4 aromatic rings. The predicted octanol–water partition coefficient (Wildman–Crippen LogP) is 5.43. The van der Waals surface area contributed by atoms with E-state index in [0.717, 1.165) is 32.5 Å². The van der Waals surface area contributed by atoms with Gasteiger partial charge in [0.1, 0.15) is 0 Å². The van der Waals surface area contributed by atoms with Crippen LogP contribution in [0, 0.1) is 0 Å². The smallest absolute Gasteiger partial charge is 0.0533 e. The zero-order valence-electron chi connectivity index (χ0n) is 19.5. The first kappa shape index (κ1) is 20.3. The van der Waals surface area contributed by atoms with Crippen molar-refractivity contribution >= 4 is 21.8 Å². The van der Waals surface area contributed by atoms with Gasteiger partial charge in [0.15, 0.2) is 0 Å². The Hall–Kier alpha value is -2.62. The van der Waals surface area contributed by atoms with Crippen molar-refractivity contribution < 1.29 is 0 Å². The van der Waals surface area contributed by atoms with Gasteiger partial charge < -0.3 is 14.4 Å². The molecule has 3 nitrogen and oxygen atoms in total. The van der Waals surface area contributed by atoms with Gasteiger partial charge in [-0.05, 0) is 81.0 Å². The number of aromatic nitrogens is 1. The monoisotopic (exact) mass is 411 g/mol. The molecule has 1 aromatic heterocycles. The van der Waals surface area contributed by atoms with Gasteiger partial charge in [0.2, 0.25) is 0 Å². The molecule has 0 fully saturated rings. The fourth-order valence-corrected chi connectivity index (χ4v) is 5.59. The van der Waals surface area contributed by atoms with Gasteiger partial charge >= 0.3 is 0 Å². The number of rotatable bonds is 5. The summed E-state index contributed by atoms with van der Waals surface area (Å²) >= 11 is 0. The number of nitrogens with zero attached hydrogens (tertiary/aromatic N) is 3. The van der Waals surface area contributed by atoms with Gasteiger partial charge in [-0.2, -0.15) is 0 Å². The zero-order valence-corrected chi connectivity index (χ0v) is 19.5. The maximum Gasteiger partial charge on any atom is 0.0533 e. The van der Waals surface area contributed by atoms with E-state index in [1.165, 1.54) is 44.1 Å². The quantitative estimate of drug-likeness (QED) is 0.382. The Bertz CT molecular complexity index is 1280. The lowest BCUT2D eigenvalue weighted by Gasteiger charge is -2.29. The van der Waals surface area contributed by atoms with Crippen LogP contribution >= 0.6 is 0 Å². The first-order chi connectivity index (χ1) is 15.0. The molecule has 3 heteroatoms. The molecule has 0 spiro atoms. The van der Waals surface area contributed by atoms with E-state index < -0.39 is 0 Å². The van der Waals surface area contributed by atoms with Crippen LogP contribution in [0.1, 0.15) is 40.3 Å². The fourth-order valence-electron chi connectivity index (χ4n) is 5.59. The van der Waals surface area contributed by atoms with Gasteiger partial charge in [-0.15, -0.1) is 0 Å². The second-order valence-corrected chi connectivity index (χ2v) is 9.50. The molecule has 31 heavy (non-hydrogen) atoms. The van der Waals surface area contributed by atoms with E-state index in [9.17, 15) is 0 Å². The van der Waals surface area contributed by atoms with E-state index in [1.54, 1.807) is 11.1 Å². The molecule has 3 aromatic carbocycles. The lowest BCUT2D eigenvalue weighted by atomic mass is 9.80. The normalized spacial score (nSPS) is 13.4. The van der Waals surface area contributed by atoms with Crippen LogP contribution in [0.15, 0.2) is 48.5 Å². The van der Waals surface area contributed by atoms with Crippen molar-refractivity contribution in [2.45, 2.75) is 39.4 Å². The summed E-state index contributed by atoms with van der Waals surface area (Å²) < 4.78 is 2.57. The van der Waals surface area contributed by atoms with Crippen molar-refractivity contribution in [1.29, 1.82) is 0 Å². The van der Waals surface area contributed by atoms with E-state index in [0.29, 0.717) is 0 Å². The van der Waals surface area contributed by atoms with E-state index in [2.05, 4.69) is 98.0 Å². The molecule has 0 bridgehead atoms. The lowest BCUT2D eigenvalue weighted by molar-refractivity contribution is 0.381. The standard InChI is InChI=1S/C28H33N3/c1-6-31-26-14-10-9-13-21(26)27-25(18-30(4)5)24(17-29(2)3)22-15-19-11-7-8-12-20(19)16-23(22)28(27)31/h7-14H,6,15-18H2,1-5H3. The van der Waals surface area contributed by atoms with Crippen molar-refractivity contribution in [3.63, 3.8) is 0 Å². The minimum absolute atomic E-state index is 0.965. The summed E-state index contributed by atoms with van der Waals surface area (Å²) in [5, 5.41) is 2.87. The van der Waals surface area contributed by atoms with Gasteiger partial charge in [-0.25, -0.2) is 0 Å². The molecule has 1 aliphatic carbocycles. The third-order valence-electron chi connectivity index (χ3n) is 6.77. The number of hydrogen-bond acceptors (Lipinski definition) is 2. The summed E-state index contributed by atoms with van der Waals surface area (Å²) in [6.07, 6.45) is 2.07. The van der Waals surface area contributed by atoms with Crippen LogP contribution in [-0.2, 0) is 32.5 Å². The molecule has 0 saturated carbocycles. The maximum absolute atomic E-state index is 2.57. The summed E-state index contributed by atoms with van der Waals surface area (Å²) in [4.78, 5) is 4.66. The third kappa shape index (κ3) is 3.28. The van der Waals surface area contributed by atoms with E-state index in [-0.39, 0.29) is 0 Å². The van der Waals surface area contributed by atoms with E-state index in [4.69, 9.17) is 0 Å². The Balaban J connectivity index is 1.95. The third-order valence-corrected chi connectivity index (χ3v) is 6.77. The Morgan fingerprint density at radius 3 is 1.97 bits per heavy atom. The van der Waals surface area contributed by atoms with Gasteiger partial charge in [0.05, 0.1) is 5.52 Å². The molecular weight excluding hydrogens is 378 g/mol. The maximum atomic E-state index is 2.57. The Morgan fingerprint density at radius 1 is 0.742 bits per heavy atom. The van der Waals surface area contributed by atoms with Crippen LogP contribution in [0.3, 0.4) is 0 Å².